The van der Waals surface area contributed by atoms with Gasteiger partial charge in [-0.15, -0.1) is 0 Å². The summed E-state index contributed by atoms with van der Waals surface area (Å²) in [7, 11) is 0. The molecule has 2 amide bonds. The van der Waals surface area contributed by atoms with E-state index in [4.69, 9.17) is 17.3 Å². The minimum absolute atomic E-state index is 0.224. The van der Waals surface area contributed by atoms with Crippen molar-refractivity contribution in [2.75, 3.05) is 0 Å². The van der Waals surface area contributed by atoms with Crippen molar-refractivity contribution >= 4 is 46.0 Å². The number of primary amides is 1. The third-order valence-electron chi connectivity index (χ3n) is 2.85. The van der Waals surface area contributed by atoms with Gasteiger partial charge in [0.2, 0.25) is 5.91 Å². The van der Waals surface area contributed by atoms with Gasteiger partial charge in [-0.1, -0.05) is 23.7 Å². The normalized spacial score (nSPS) is 10.2. The molecule has 3 N–H and O–H groups in total. The Labute approximate surface area is 140 Å². The second kappa shape index (κ2) is 6.91. The van der Waals surface area contributed by atoms with Crippen LogP contribution in [0.25, 0.3) is 0 Å². The quantitative estimate of drug-likeness (QED) is 0.755. The van der Waals surface area contributed by atoms with Crippen molar-refractivity contribution in [1.29, 1.82) is 0 Å². The molecular weight excluding hydrogens is 403 g/mol. The highest BCUT2D eigenvalue weighted by Gasteiger charge is 2.08. The molecule has 108 valence electrons. The first-order valence-electron chi connectivity index (χ1n) is 6.09. The SMILES string of the molecule is NC(=O)c1cccc(CNC(=O)c2ccc(I)c(Cl)c2)c1. The van der Waals surface area contributed by atoms with Gasteiger partial charge in [0.25, 0.3) is 5.91 Å². The highest BCUT2D eigenvalue weighted by molar-refractivity contribution is 14.1. The van der Waals surface area contributed by atoms with E-state index in [1.807, 2.05) is 6.07 Å². The lowest BCUT2D eigenvalue weighted by atomic mass is 10.1. The molecule has 2 aromatic rings. The molecule has 0 saturated heterocycles. The number of hydrogen-bond donors (Lipinski definition) is 2. The van der Waals surface area contributed by atoms with E-state index < -0.39 is 5.91 Å². The van der Waals surface area contributed by atoms with Gasteiger partial charge in [-0.2, -0.15) is 0 Å². The molecule has 0 aliphatic carbocycles. The molecule has 0 aromatic heterocycles. The summed E-state index contributed by atoms with van der Waals surface area (Å²) in [4.78, 5) is 23.1. The van der Waals surface area contributed by atoms with Gasteiger partial charge in [-0.05, 0) is 58.5 Å². The van der Waals surface area contributed by atoms with Crippen molar-refractivity contribution in [3.63, 3.8) is 0 Å². The average Bonchev–Trinajstić information content (AvgIpc) is 2.48. The smallest absolute Gasteiger partial charge is 0.251 e. The fourth-order valence-corrected chi connectivity index (χ4v) is 2.27. The summed E-state index contributed by atoms with van der Waals surface area (Å²) < 4.78 is 0.889. The lowest BCUT2D eigenvalue weighted by molar-refractivity contribution is 0.0950. The van der Waals surface area contributed by atoms with E-state index in [1.54, 1.807) is 36.4 Å². The zero-order valence-electron chi connectivity index (χ0n) is 10.9. The van der Waals surface area contributed by atoms with E-state index in [0.29, 0.717) is 22.7 Å². The van der Waals surface area contributed by atoms with E-state index >= 15 is 0 Å². The monoisotopic (exact) mass is 414 g/mol. The fraction of sp³-hybridized carbons (Fsp3) is 0.0667. The summed E-state index contributed by atoms with van der Waals surface area (Å²) in [6.45, 7) is 0.309. The van der Waals surface area contributed by atoms with E-state index in [1.165, 1.54) is 0 Å². The highest BCUT2D eigenvalue weighted by Crippen LogP contribution is 2.19. The van der Waals surface area contributed by atoms with Crippen LogP contribution in [0.15, 0.2) is 42.5 Å². The Morgan fingerprint density at radius 1 is 1.14 bits per heavy atom. The minimum Gasteiger partial charge on any atom is -0.366 e. The van der Waals surface area contributed by atoms with Gasteiger partial charge in [-0.25, -0.2) is 0 Å². The molecule has 0 saturated carbocycles. The molecule has 6 heteroatoms. The second-order valence-electron chi connectivity index (χ2n) is 4.38. The van der Waals surface area contributed by atoms with E-state index in [-0.39, 0.29) is 5.91 Å². The van der Waals surface area contributed by atoms with E-state index in [2.05, 4.69) is 27.9 Å². The maximum absolute atomic E-state index is 12.0. The first kappa shape index (κ1) is 15.8. The molecule has 4 nitrogen and oxygen atoms in total. The predicted octanol–water partition coefficient (Wildman–Crippen LogP) is 2.97. The Morgan fingerprint density at radius 2 is 1.90 bits per heavy atom. The molecule has 0 aliphatic heterocycles. The molecular formula is C15H12ClIN2O2. The lowest BCUT2D eigenvalue weighted by Gasteiger charge is -2.07. The summed E-state index contributed by atoms with van der Waals surface area (Å²) in [5.74, 6) is -0.717. The van der Waals surface area contributed by atoms with Crippen LogP contribution >= 0.6 is 34.2 Å². The average molecular weight is 415 g/mol. The van der Waals surface area contributed by atoms with Crippen molar-refractivity contribution in [3.05, 3.63) is 67.7 Å². The number of carbonyl (C=O) groups is 2. The van der Waals surface area contributed by atoms with Crippen LogP contribution in [0.2, 0.25) is 5.02 Å². The Balaban J connectivity index is 2.05. The summed E-state index contributed by atoms with van der Waals surface area (Å²) in [5, 5.41) is 3.32. The molecule has 21 heavy (non-hydrogen) atoms. The molecule has 2 aromatic carbocycles. The summed E-state index contributed by atoms with van der Waals surface area (Å²) >= 11 is 8.09. The van der Waals surface area contributed by atoms with Gasteiger partial charge in [0.15, 0.2) is 0 Å². The lowest BCUT2D eigenvalue weighted by Crippen LogP contribution is -2.23. The second-order valence-corrected chi connectivity index (χ2v) is 5.95. The zero-order valence-corrected chi connectivity index (χ0v) is 13.8. The third kappa shape index (κ3) is 4.18. The number of halogens is 2. The number of hydrogen-bond acceptors (Lipinski definition) is 2. The van der Waals surface area contributed by atoms with Gasteiger partial charge >= 0.3 is 0 Å². The summed E-state index contributed by atoms with van der Waals surface area (Å²) in [6, 6.07) is 11.9. The maximum Gasteiger partial charge on any atom is 0.251 e. The van der Waals surface area contributed by atoms with Crippen molar-refractivity contribution in [1.82, 2.24) is 5.32 Å². The van der Waals surface area contributed by atoms with Crippen molar-refractivity contribution in [2.24, 2.45) is 5.73 Å². The minimum atomic E-state index is -0.493. The molecule has 0 bridgehead atoms. The zero-order chi connectivity index (χ0) is 15.4. The standard InChI is InChI=1S/C15H12ClIN2O2/c16-12-7-11(4-5-13(12)17)15(21)19-8-9-2-1-3-10(6-9)14(18)20/h1-7H,8H2,(H2,18,20)(H,19,21). The topological polar surface area (TPSA) is 72.2 Å². The van der Waals surface area contributed by atoms with Gasteiger partial charge in [0, 0.05) is 21.2 Å². The number of carbonyl (C=O) groups excluding carboxylic acids is 2. The largest absolute Gasteiger partial charge is 0.366 e. The van der Waals surface area contributed by atoms with Gasteiger partial charge in [0.1, 0.15) is 0 Å². The summed E-state index contributed by atoms with van der Waals surface area (Å²) in [5.41, 5.74) is 6.93. The third-order valence-corrected chi connectivity index (χ3v) is 4.42. The highest BCUT2D eigenvalue weighted by atomic mass is 127. The van der Waals surface area contributed by atoms with Crippen LogP contribution in [0.5, 0.6) is 0 Å². The van der Waals surface area contributed by atoms with E-state index in [9.17, 15) is 9.59 Å². The van der Waals surface area contributed by atoms with Crippen molar-refractivity contribution in [3.8, 4) is 0 Å². The van der Waals surface area contributed by atoms with Crippen LogP contribution < -0.4 is 11.1 Å². The molecule has 0 heterocycles. The molecule has 2 rings (SSSR count). The van der Waals surface area contributed by atoms with Gasteiger partial charge in [-0.3, -0.25) is 9.59 Å². The Hall–Kier alpha value is -1.60. The van der Waals surface area contributed by atoms with Gasteiger partial charge < -0.3 is 11.1 Å². The molecule has 0 aliphatic rings. The van der Waals surface area contributed by atoms with Crippen LogP contribution in [0, 0.1) is 3.57 Å². The van der Waals surface area contributed by atoms with Gasteiger partial charge in [0.05, 0.1) is 5.02 Å². The fourth-order valence-electron chi connectivity index (χ4n) is 1.76. The molecule has 0 atom stereocenters. The Morgan fingerprint density at radius 3 is 2.57 bits per heavy atom. The number of nitrogens with one attached hydrogen (secondary N) is 1. The number of nitrogens with two attached hydrogens (primary N) is 1. The number of benzene rings is 2. The Kier molecular flexibility index (Phi) is 5.19. The summed E-state index contributed by atoms with van der Waals surface area (Å²) in [6.07, 6.45) is 0. The van der Waals surface area contributed by atoms with Crippen LogP contribution in [-0.2, 0) is 6.54 Å². The number of rotatable bonds is 4. The first-order valence-corrected chi connectivity index (χ1v) is 7.55. The van der Waals surface area contributed by atoms with E-state index in [0.717, 1.165) is 9.13 Å². The number of amides is 2. The Bertz CT molecular complexity index is 704. The predicted molar refractivity (Wildman–Crippen MR) is 90.3 cm³/mol. The molecule has 0 spiro atoms. The van der Waals surface area contributed by atoms with Crippen LogP contribution in [0.4, 0.5) is 0 Å². The van der Waals surface area contributed by atoms with Crippen molar-refractivity contribution in [2.45, 2.75) is 6.54 Å². The van der Waals surface area contributed by atoms with Crippen molar-refractivity contribution < 1.29 is 9.59 Å². The molecule has 0 radical (unpaired) electrons. The van der Waals surface area contributed by atoms with Crippen LogP contribution in [0.3, 0.4) is 0 Å². The molecule has 0 unspecified atom stereocenters. The maximum atomic E-state index is 12.0. The molecule has 0 fully saturated rings. The first-order chi connectivity index (χ1) is 9.97. The van der Waals surface area contributed by atoms with Crippen LogP contribution in [-0.4, -0.2) is 11.8 Å². The van der Waals surface area contributed by atoms with Crippen LogP contribution in [0.1, 0.15) is 26.3 Å².